The Morgan fingerprint density at radius 3 is 2.81 bits per heavy atom. The zero-order chi connectivity index (χ0) is 12.2. The summed E-state index contributed by atoms with van der Waals surface area (Å²) < 4.78 is 1.91. The summed E-state index contributed by atoms with van der Waals surface area (Å²) in [7, 11) is 0. The zero-order valence-electron chi connectivity index (χ0n) is 10.1. The molecule has 1 aromatic heterocycles. The van der Waals surface area contributed by atoms with Gasteiger partial charge in [0.1, 0.15) is 5.84 Å². The summed E-state index contributed by atoms with van der Waals surface area (Å²) in [4.78, 5) is 0. The van der Waals surface area contributed by atoms with E-state index in [1.807, 2.05) is 37.7 Å². The third-order valence-corrected chi connectivity index (χ3v) is 2.76. The van der Waals surface area contributed by atoms with Crippen molar-refractivity contribution < 1.29 is 5.21 Å². The van der Waals surface area contributed by atoms with Crippen LogP contribution >= 0.6 is 0 Å². The number of hydrogen-bond acceptors (Lipinski definition) is 3. The van der Waals surface area contributed by atoms with E-state index in [1.54, 1.807) is 0 Å². The van der Waals surface area contributed by atoms with Crippen molar-refractivity contribution in [2.45, 2.75) is 40.2 Å². The highest BCUT2D eigenvalue weighted by Crippen LogP contribution is 2.22. The van der Waals surface area contributed by atoms with Crippen LogP contribution in [0.4, 0.5) is 0 Å². The first kappa shape index (κ1) is 12.5. The van der Waals surface area contributed by atoms with Crippen molar-refractivity contribution in [3.05, 3.63) is 18.0 Å². The van der Waals surface area contributed by atoms with Gasteiger partial charge in [0.2, 0.25) is 0 Å². The summed E-state index contributed by atoms with van der Waals surface area (Å²) in [6.45, 7) is 6.76. The molecule has 1 heterocycles. The molecule has 0 bridgehead atoms. The van der Waals surface area contributed by atoms with Gasteiger partial charge in [0.05, 0.1) is 5.69 Å². The van der Waals surface area contributed by atoms with E-state index in [0.717, 1.165) is 25.1 Å². The maximum absolute atomic E-state index is 8.64. The molecule has 16 heavy (non-hydrogen) atoms. The largest absolute Gasteiger partial charge is 0.409 e. The summed E-state index contributed by atoms with van der Waals surface area (Å²) in [6.07, 6.45) is 3.78. The van der Waals surface area contributed by atoms with Gasteiger partial charge < -0.3 is 10.9 Å². The van der Waals surface area contributed by atoms with Crippen molar-refractivity contribution in [3.63, 3.8) is 0 Å². The number of rotatable bonds is 5. The van der Waals surface area contributed by atoms with E-state index < -0.39 is 0 Å². The van der Waals surface area contributed by atoms with E-state index in [4.69, 9.17) is 10.9 Å². The first-order valence-electron chi connectivity index (χ1n) is 5.44. The lowest BCUT2D eigenvalue weighted by molar-refractivity contribution is 0.303. The van der Waals surface area contributed by atoms with Crippen LogP contribution in [-0.2, 0) is 6.54 Å². The van der Waals surface area contributed by atoms with Gasteiger partial charge in [-0.05, 0) is 25.8 Å². The molecule has 0 atom stereocenters. The average Bonchev–Trinajstić information content (AvgIpc) is 2.62. The molecular weight excluding hydrogens is 204 g/mol. The molecule has 0 amide bonds. The predicted octanol–water partition coefficient (Wildman–Crippen LogP) is 1.74. The van der Waals surface area contributed by atoms with Crippen LogP contribution in [0.3, 0.4) is 0 Å². The summed E-state index contributed by atoms with van der Waals surface area (Å²) in [5, 5.41) is 16.0. The van der Waals surface area contributed by atoms with Gasteiger partial charge in [0.15, 0.2) is 0 Å². The number of oxime groups is 1. The van der Waals surface area contributed by atoms with Crippen LogP contribution in [0.5, 0.6) is 0 Å². The van der Waals surface area contributed by atoms with Crippen LogP contribution in [-0.4, -0.2) is 20.8 Å². The van der Waals surface area contributed by atoms with E-state index in [9.17, 15) is 0 Å². The Labute approximate surface area is 95.9 Å². The Hall–Kier alpha value is -1.52. The summed E-state index contributed by atoms with van der Waals surface area (Å²) >= 11 is 0. The number of aromatic nitrogens is 2. The number of hydrogen-bond donors (Lipinski definition) is 2. The SMILES string of the molecule is Cc1ccn(CCCC(C)(C)C(N)=NO)n1. The average molecular weight is 224 g/mol. The number of aryl methyl sites for hydroxylation is 2. The molecule has 90 valence electrons. The van der Waals surface area contributed by atoms with Gasteiger partial charge in [-0.2, -0.15) is 5.10 Å². The highest BCUT2D eigenvalue weighted by molar-refractivity contribution is 5.85. The van der Waals surface area contributed by atoms with Gasteiger partial charge in [0, 0.05) is 18.2 Å². The summed E-state index contributed by atoms with van der Waals surface area (Å²) in [5.74, 6) is 0.282. The van der Waals surface area contributed by atoms with E-state index in [-0.39, 0.29) is 11.3 Å². The second-order valence-electron chi connectivity index (χ2n) is 4.69. The number of amidine groups is 1. The Morgan fingerprint density at radius 1 is 1.62 bits per heavy atom. The molecule has 0 aromatic carbocycles. The quantitative estimate of drug-likeness (QED) is 0.346. The first-order chi connectivity index (χ1) is 7.45. The fourth-order valence-electron chi connectivity index (χ4n) is 1.53. The third kappa shape index (κ3) is 3.25. The van der Waals surface area contributed by atoms with Crippen LogP contribution < -0.4 is 5.73 Å². The van der Waals surface area contributed by atoms with Crippen molar-refractivity contribution >= 4 is 5.84 Å². The Balaban J connectivity index is 2.41. The van der Waals surface area contributed by atoms with Crippen LogP contribution in [0.2, 0.25) is 0 Å². The van der Waals surface area contributed by atoms with Gasteiger partial charge in [-0.15, -0.1) is 0 Å². The van der Waals surface area contributed by atoms with E-state index in [1.165, 1.54) is 0 Å². The van der Waals surface area contributed by atoms with Crippen molar-refractivity contribution in [1.29, 1.82) is 0 Å². The lowest BCUT2D eigenvalue weighted by Gasteiger charge is -2.22. The summed E-state index contributed by atoms with van der Waals surface area (Å²) in [6, 6.07) is 1.98. The zero-order valence-corrected chi connectivity index (χ0v) is 10.1. The van der Waals surface area contributed by atoms with Crippen LogP contribution in [0.1, 0.15) is 32.4 Å². The number of nitrogens with two attached hydrogens (primary N) is 1. The molecular formula is C11H20N4O. The molecule has 0 unspecified atom stereocenters. The highest BCUT2D eigenvalue weighted by Gasteiger charge is 2.22. The monoisotopic (exact) mass is 224 g/mol. The van der Waals surface area contributed by atoms with Crippen LogP contribution in [0.15, 0.2) is 17.4 Å². The molecule has 5 nitrogen and oxygen atoms in total. The molecule has 0 spiro atoms. The molecule has 3 N–H and O–H groups in total. The Morgan fingerprint density at radius 2 is 2.31 bits per heavy atom. The molecule has 1 rings (SSSR count). The van der Waals surface area contributed by atoms with Gasteiger partial charge in [-0.25, -0.2) is 0 Å². The Kier molecular flexibility index (Phi) is 3.93. The molecule has 0 aliphatic carbocycles. The van der Waals surface area contributed by atoms with E-state index >= 15 is 0 Å². The van der Waals surface area contributed by atoms with Crippen molar-refractivity contribution in [3.8, 4) is 0 Å². The second kappa shape index (κ2) is 5.01. The number of nitrogens with zero attached hydrogens (tertiary/aromatic N) is 3. The van der Waals surface area contributed by atoms with Crippen LogP contribution in [0.25, 0.3) is 0 Å². The predicted molar refractivity (Wildman–Crippen MR) is 63.4 cm³/mol. The molecule has 1 aromatic rings. The third-order valence-electron chi connectivity index (χ3n) is 2.76. The lowest BCUT2D eigenvalue weighted by atomic mass is 9.86. The molecule has 0 aliphatic rings. The fourth-order valence-corrected chi connectivity index (χ4v) is 1.53. The molecule has 0 saturated carbocycles. The topological polar surface area (TPSA) is 76.4 Å². The standard InChI is InChI=1S/C11H20N4O/c1-9-5-8-15(13-9)7-4-6-11(2,3)10(12)14-16/h5,8,16H,4,6-7H2,1-3H3,(H2,12,14). The lowest BCUT2D eigenvalue weighted by Crippen LogP contribution is -2.32. The highest BCUT2D eigenvalue weighted by atomic mass is 16.4. The van der Waals surface area contributed by atoms with Crippen molar-refractivity contribution in [2.24, 2.45) is 16.3 Å². The van der Waals surface area contributed by atoms with E-state index in [2.05, 4.69) is 10.3 Å². The Bertz CT molecular complexity index is 368. The normalized spacial score (nSPS) is 13.1. The minimum absolute atomic E-state index is 0.267. The smallest absolute Gasteiger partial charge is 0.144 e. The van der Waals surface area contributed by atoms with Gasteiger partial charge >= 0.3 is 0 Å². The molecule has 0 fully saturated rings. The second-order valence-corrected chi connectivity index (χ2v) is 4.69. The maximum atomic E-state index is 8.64. The first-order valence-corrected chi connectivity index (χ1v) is 5.44. The minimum atomic E-state index is -0.267. The van der Waals surface area contributed by atoms with Crippen molar-refractivity contribution in [1.82, 2.24) is 9.78 Å². The van der Waals surface area contributed by atoms with Gasteiger partial charge in [-0.1, -0.05) is 19.0 Å². The molecule has 0 aliphatic heterocycles. The van der Waals surface area contributed by atoms with Gasteiger partial charge in [-0.3, -0.25) is 4.68 Å². The van der Waals surface area contributed by atoms with Gasteiger partial charge in [0.25, 0.3) is 0 Å². The maximum Gasteiger partial charge on any atom is 0.144 e. The molecule has 0 radical (unpaired) electrons. The fraction of sp³-hybridized carbons (Fsp3) is 0.636. The minimum Gasteiger partial charge on any atom is -0.409 e. The summed E-state index contributed by atoms with van der Waals surface area (Å²) in [5.41, 5.74) is 6.37. The molecule has 0 saturated heterocycles. The van der Waals surface area contributed by atoms with Crippen LogP contribution in [0, 0.1) is 12.3 Å². The molecule has 5 heteroatoms. The van der Waals surface area contributed by atoms with Crippen molar-refractivity contribution in [2.75, 3.05) is 0 Å². The van der Waals surface area contributed by atoms with E-state index in [0.29, 0.717) is 0 Å².